The van der Waals surface area contributed by atoms with E-state index >= 15 is 0 Å². The Morgan fingerprint density at radius 1 is 1.25 bits per heavy atom. The molecule has 1 rings (SSSR count). The van der Waals surface area contributed by atoms with Crippen LogP contribution in [0, 0.1) is 0 Å². The highest BCUT2D eigenvalue weighted by molar-refractivity contribution is 5.94. The van der Waals surface area contributed by atoms with Crippen LogP contribution in [0.5, 0.6) is 0 Å². The van der Waals surface area contributed by atoms with Gasteiger partial charge in [0.2, 0.25) is 5.91 Å². The summed E-state index contributed by atoms with van der Waals surface area (Å²) in [7, 11) is 0. The molecule has 0 aliphatic carbocycles. The normalized spacial score (nSPS) is 12.8. The van der Waals surface area contributed by atoms with Crippen LogP contribution in [0.25, 0.3) is 0 Å². The standard InChI is InChI=1S/C18H27NO/c1-4-7-8-9-11-14(5-2)16-12-10-13-17(18(19)20)15(16)6-3/h7-8,10,12-14H,4-6,9,11H2,1-3H3,(H2,19,20). The number of carbonyl (C=O) groups is 1. The van der Waals surface area contributed by atoms with Crippen LogP contribution in [0.1, 0.15) is 73.9 Å². The number of benzene rings is 1. The van der Waals surface area contributed by atoms with Gasteiger partial charge in [-0.05, 0) is 55.2 Å². The number of carbonyl (C=O) groups excluding carboxylic acids is 1. The number of rotatable bonds is 8. The van der Waals surface area contributed by atoms with Crippen LogP contribution < -0.4 is 5.73 Å². The van der Waals surface area contributed by atoms with Crippen molar-refractivity contribution in [3.63, 3.8) is 0 Å². The van der Waals surface area contributed by atoms with Crippen molar-refractivity contribution < 1.29 is 4.79 Å². The number of amides is 1. The maximum Gasteiger partial charge on any atom is 0.248 e. The molecule has 0 fully saturated rings. The number of nitrogens with two attached hydrogens (primary N) is 1. The topological polar surface area (TPSA) is 43.1 Å². The first-order chi connectivity index (χ1) is 9.65. The SMILES string of the molecule is CCC=CCCC(CC)c1cccc(C(N)=O)c1CC. The van der Waals surface area contributed by atoms with Crippen molar-refractivity contribution in [1.82, 2.24) is 0 Å². The second-order valence-electron chi connectivity index (χ2n) is 5.15. The minimum absolute atomic E-state index is 0.315. The molecule has 0 radical (unpaired) electrons. The third kappa shape index (κ3) is 4.22. The third-order valence-electron chi connectivity index (χ3n) is 3.85. The zero-order valence-electron chi connectivity index (χ0n) is 13.0. The first-order valence-corrected chi connectivity index (χ1v) is 7.72. The number of primary amides is 1. The molecule has 0 aromatic heterocycles. The molecule has 1 atom stereocenters. The highest BCUT2D eigenvalue weighted by Gasteiger charge is 2.16. The monoisotopic (exact) mass is 273 g/mol. The second kappa shape index (κ2) is 8.57. The molecular formula is C18H27NO. The van der Waals surface area contributed by atoms with Crippen LogP contribution in [0.3, 0.4) is 0 Å². The van der Waals surface area contributed by atoms with Gasteiger partial charge in [0.1, 0.15) is 0 Å². The van der Waals surface area contributed by atoms with Crippen LogP contribution >= 0.6 is 0 Å². The van der Waals surface area contributed by atoms with Gasteiger partial charge in [-0.15, -0.1) is 0 Å². The van der Waals surface area contributed by atoms with Crippen LogP contribution in [0.2, 0.25) is 0 Å². The van der Waals surface area contributed by atoms with Gasteiger partial charge < -0.3 is 5.73 Å². The van der Waals surface area contributed by atoms with Crippen molar-refractivity contribution in [2.24, 2.45) is 5.73 Å². The van der Waals surface area contributed by atoms with Gasteiger partial charge in [-0.1, -0.05) is 45.1 Å². The van der Waals surface area contributed by atoms with Crippen LogP contribution in [-0.4, -0.2) is 5.91 Å². The molecule has 110 valence electrons. The summed E-state index contributed by atoms with van der Waals surface area (Å²) in [5, 5.41) is 0. The van der Waals surface area contributed by atoms with Crippen molar-refractivity contribution >= 4 is 5.91 Å². The van der Waals surface area contributed by atoms with Crippen molar-refractivity contribution in [2.45, 2.75) is 58.8 Å². The van der Waals surface area contributed by atoms with E-state index in [1.165, 1.54) is 5.56 Å². The molecule has 0 heterocycles. The first kappa shape index (κ1) is 16.5. The molecule has 20 heavy (non-hydrogen) atoms. The van der Waals surface area contributed by atoms with Crippen molar-refractivity contribution in [2.75, 3.05) is 0 Å². The highest BCUT2D eigenvalue weighted by Crippen LogP contribution is 2.30. The Hall–Kier alpha value is -1.57. The van der Waals surface area contributed by atoms with E-state index in [1.807, 2.05) is 12.1 Å². The smallest absolute Gasteiger partial charge is 0.248 e. The molecule has 2 nitrogen and oxygen atoms in total. The summed E-state index contributed by atoms with van der Waals surface area (Å²) >= 11 is 0. The Kier molecular flexibility index (Phi) is 7.06. The number of hydrogen-bond acceptors (Lipinski definition) is 1. The van der Waals surface area contributed by atoms with E-state index in [-0.39, 0.29) is 5.91 Å². The minimum atomic E-state index is -0.315. The predicted octanol–water partition coefficient (Wildman–Crippen LogP) is 4.59. The van der Waals surface area contributed by atoms with Gasteiger partial charge in [0.05, 0.1) is 0 Å². The molecule has 0 bridgehead atoms. The summed E-state index contributed by atoms with van der Waals surface area (Å²) in [5.41, 5.74) is 8.61. The minimum Gasteiger partial charge on any atom is -0.366 e. The molecule has 1 aromatic carbocycles. The van der Waals surface area contributed by atoms with Gasteiger partial charge in [-0.2, -0.15) is 0 Å². The molecular weight excluding hydrogens is 246 g/mol. The lowest BCUT2D eigenvalue weighted by Gasteiger charge is -2.20. The van der Waals surface area contributed by atoms with Gasteiger partial charge in [0.15, 0.2) is 0 Å². The molecule has 2 N–H and O–H groups in total. The number of allylic oxidation sites excluding steroid dienone is 2. The van der Waals surface area contributed by atoms with Gasteiger partial charge in [0.25, 0.3) is 0 Å². The molecule has 2 heteroatoms. The van der Waals surface area contributed by atoms with Crippen LogP contribution in [0.4, 0.5) is 0 Å². The predicted molar refractivity (Wildman–Crippen MR) is 86.0 cm³/mol. The van der Waals surface area contributed by atoms with Crippen molar-refractivity contribution in [3.8, 4) is 0 Å². The molecule has 0 spiro atoms. The van der Waals surface area contributed by atoms with Crippen LogP contribution in [-0.2, 0) is 6.42 Å². The van der Waals surface area contributed by atoms with E-state index in [1.54, 1.807) is 0 Å². The van der Waals surface area contributed by atoms with Crippen molar-refractivity contribution in [1.29, 1.82) is 0 Å². The fourth-order valence-corrected chi connectivity index (χ4v) is 2.77. The highest BCUT2D eigenvalue weighted by atomic mass is 16.1. The Bertz CT molecular complexity index is 462. The van der Waals surface area contributed by atoms with E-state index in [0.29, 0.717) is 11.5 Å². The summed E-state index contributed by atoms with van der Waals surface area (Å²) in [5.74, 6) is 0.190. The Morgan fingerprint density at radius 2 is 2.00 bits per heavy atom. The Morgan fingerprint density at radius 3 is 2.55 bits per heavy atom. The van der Waals surface area contributed by atoms with Gasteiger partial charge >= 0.3 is 0 Å². The fourth-order valence-electron chi connectivity index (χ4n) is 2.77. The fraction of sp³-hybridized carbons (Fsp3) is 0.500. The van der Waals surface area contributed by atoms with Crippen molar-refractivity contribution in [3.05, 3.63) is 47.0 Å². The third-order valence-corrected chi connectivity index (χ3v) is 3.85. The molecule has 0 aliphatic rings. The summed E-state index contributed by atoms with van der Waals surface area (Å²) in [4.78, 5) is 11.6. The average molecular weight is 273 g/mol. The van der Waals surface area contributed by atoms with E-state index in [4.69, 9.17) is 5.73 Å². The summed E-state index contributed by atoms with van der Waals surface area (Å²) in [6, 6.07) is 5.95. The molecule has 1 amide bonds. The van der Waals surface area contributed by atoms with E-state index in [2.05, 4.69) is 39.0 Å². The molecule has 1 aromatic rings. The van der Waals surface area contributed by atoms with Gasteiger partial charge in [0, 0.05) is 5.56 Å². The second-order valence-corrected chi connectivity index (χ2v) is 5.15. The zero-order valence-corrected chi connectivity index (χ0v) is 13.0. The van der Waals surface area contributed by atoms with E-state index in [0.717, 1.165) is 37.7 Å². The number of hydrogen-bond donors (Lipinski definition) is 1. The maximum atomic E-state index is 11.6. The summed E-state index contributed by atoms with van der Waals surface area (Å²) in [6.07, 6.45) is 9.73. The average Bonchev–Trinajstić information content (AvgIpc) is 2.46. The zero-order chi connectivity index (χ0) is 15.0. The maximum absolute atomic E-state index is 11.6. The molecule has 1 unspecified atom stereocenters. The lowest BCUT2D eigenvalue weighted by atomic mass is 9.85. The first-order valence-electron chi connectivity index (χ1n) is 7.72. The quantitative estimate of drug-likeness (QED) is 0.692. The lowest BCUT2D eigenvalue weighted by molar-refractivity contribution is 0.0999. The molecule has 0 saturated heterocycles. The van der Waals surface area contributed by atoms with Crippen LogP contribution in [0.15, 0.2) is 30.4 Å². The Labute approximate surface area is 123 Å². The largest absolute Gasteiger partial charge is 0.366 e. The summed E-state index contributed by atoms with van der Waals surface area (Å²) < 4.78 is 0. The molecule has 0 saturated carbocycles. The van der Waals surface area contributed by atoms with Gasteiger partial charge in [-0.25, -0.2) is 0 Å². The van der Waals surface area contributed by atoms with E-state index < -0.39 is 0 Å². The van der Waals surface area contributed by atoms with E-state index in [9.17, 15) is 4.79 Å². The van der Waals surface area contributed by atoms with Gasteiger partial charge in [-0.3, -0.25) is 4.79 Å². The Balaban J connectivity index is 2.99. The summed E-state index contributed by atoms with van der Waals surface area (Å²) in [6.45, 7) is 6.46. The molecule has 0 aliphatic heterocycles. The lowest BCUT2D eigenvalue weighted by Crippen LogP contribution is -2.15.